The van der Waals surface area contributed by atoms with Gasteiger partial charge in [-0.05, 0) is 73.1 Å². The van der Waals surface area contributed by atoms with E-state index in [0.29, 0.717) is 17.6 Å². The zero-order valence-corrected chi connectivity index (χ0v) is 12.2. The fraction of sp³-hybridized carbons (Fsp3) is 0.611. The van der Waals surface area contributed by atoms with E-state index in [1.165, 1.54) is 24.0 Å². The Morgan fingerprint density at radius 3 is 2.90 bits per heavy atom. The first-order chi connectivity index (χ1) is 9.59. The van der Waals surface area contributed by atoms with Gasteiger partial charge in [-0.3, -0.25) is 4.79 Å². The van der Waals surface area contributed by atoms with Gasteiger partial charge in [0.05, 0.1) is 0 Å². The topological polar surface area (TPSA) is 43.1 Å². The molecule has 4 rings (SSSR count). The van der Waals surface area contributed by atoms with E-state index in [-0.39, 0.29) is 5.41 Å². The van der Waals surface area contributed by atoms with Crippen molar-refractivity contribution in [3.05, 3.63) is 29.3 Å². The summed E-state index contributed by atoms with van der Waals surface area (Å²) >= 11 is 0. The third-order valence-corrected chi connectivity index (χ3v) is 6.46. The van der Waals surface area contributed by atoms with Gasteiger partial charge in [-0.1, -0.05) is 13.0 Å². The van der Waals surface area contributed by atoms with Crippen molar-refractivity contribution in [1.82, 2.24) is 0 Å². The molecule has 2 fully saturated rings. The van der Waals surface area contributed by atoms with Crippen molar-refractivity contribution in [3.8, 4) is 0 Å². The molecule has 2 heteroatoms. The van der Waals surface area contributed by atoms with E-state index in [9.17, 15) is 4.79 Å². The van der Waals surface area contributed by atoms with Crippen LogP contribution in [0.3, 0.4) is 0 Å². The summed E-state index contributed by atoms with van der Waals surface area (Å²) in [7, 11) is 0. The summed E-state index contributed by atoms with van der Waals surface area (Å²) < 4.78 is 0. The summed E-state index contributed by atoms with van der Waals surface area (Å²) in [6.45, 7) is 2.24. The smallest absolute Gasteiger partial charge is 0.139 e. The summed E-state index contributed by atoms with van der Waals surface area (Å²) in [6.07, 6.45) is 6.60. The van der Waals surface area contributed by atoms with Crippen LogP contribution in [0, 0.1) is 17.3 Å². The number of carbonyl (C=O) groups excluding carboxylic acids is 1. The fourth-order valence-electron chi connectivity index (χ4n) is 5.37. The minimum absolute atomic E-state index is 0.00746. The minimum atomic E-state index is -0.00746. The summed E-state index contributed by atoms with van der Waals surface area (Å²) in [5.74, 6) is 2.54. The van der Waals surface area contributed by atoms with Crippen LogP contribution in [-0.2, 0) is 11.2 Å². The van der Waals surface area contributed by atoms with Crippen LogP contribution < -0.4 is 5.73 Å². The third kappa shape index (κ3) is 1.54. The molecule has 2 saturated carbocycles. The van der Waals surface area contributed by atoms with Crippen molar-refractivity contribution in [2.45, 2.75) is 51.4 Å². The first-order valence-corrected chi connectivity index (χ1v) is 8.01. The van der Waals surface area contributed by atoms with Crippen molar-refractivity contribution in [3.63, 3.8) is 0 Å². The molecule has 3 aliphatic rings. The van der Waals surface area contributed by atoms with Gasteiger partial charge >= 0.3 is 0 Å². The molecule has 20 heavy (non-hydrogen) atoms. The molecule has 2 N–H and O–H groups in total. The van der Waals surface area contributed by atoms with Crippen LogP contribution in [0.5, 0.6) is 0 Å². The molecule has 0 spiro atoms. The number of ketones is 1. The monoisotopic (exact) mass is 269 g/mol. The van der Waals surface area contributed by atoms with Crippen LogP contribution in [-0.4, -0.2) is 5.78 Å². The Balaban J connectivity index is 1.73. The van der Waals surface area contributed by atoms with Crippen LogP contribution in [0.15, 0.2) is 18.2 Å². The first-order valence-electron chi connectivity index (χ1n) is 8.01. The maximum atomic E-state index is 12.3. The molecule has 2 nitrogen and oxygen atoms in total. The predicted octanol–water partition coefficient (Wildman–Crippen LogP) is 3.69. The number of nitrogens with two attached hydrogens (primary N) is 1. The number of rotatable bonds is 0. The van der Waals surface area contributed by atoms with Crippen LogP contribution in [0.4, 0.5) is 5.69 Å². The minimum Gasteiger partial charge on any atom is -0.399 e. The number of nitrogen functional groups attached to an aromatic ring is 1. The van der Waals surface area contributed by atoms with Crippen LogP contribution in [0.1, 0.15) is 56.1 Å². The summed E-state index contributed by atoms with van der Waals surface area (Å²) in [6, 6.07) is 6.47. The molecule has 1 aromatic rings. The van der Waals surface area contributed by atoms with Crippen molar-refractivity contribution in [2.24, 2.45) is 17.3 Å². The number of aryl methyl sites for hydroxylation is 1. The highest BCUT2D eigenvalue weighted by Gasteiger charge is 2.54. The van der Waals surface area contributed by atoms with Crippen LogP contribution >= 0.6 is 0 Å². The number of fused-ring (bicyclic) bond motifs is 5. The average molecular weight is 269 g/mol. The number of Topliss-reactive ketones (excluding diaryl/α,β-unsaturated/α-hetero) is 1. The van der Waals surface area contributed by atoms with Crippen molar-refractivity contribution in [1.29, 1.82) is 0 Å². The molecular weight excluding hydrogens is 246 g/mol. The molecule has 0 aromatic heterocycles. The molecule has 0 radical (unpaired) electrons. The lowest BCUT2D eigenvalue weighted by molar-refractivity contribution is -0.129. The number of hydrogen-bond donors (Lipinski definition) is 1. The highest BCUT2D eigenvalue weighted by molar-refractivity contribution is 5.87. The lowest BCUT2D eigenvalue weighted by atomic mass is 9.55. The normalized spacial score (nSPS) is 39.0. The fourth-order valence-corrected chi connectivity index (χ4v) is 5.37. The lowest BCUT2D eigenvalue weighted by Gasteiger charge is -2.48. The molecule has 0 heterocycles. The van der Waals surface area contributed by atoms with Crippen molar-refractivity contribution < 1.29 is 4.79 Å². The lowest BCUT2D eigenvalue weighted by Crippen LogP contribution is -2.42. The molecule has 4 atom stereocenters. The molecule has 0 saturated heterocycles. The largest absolute Gasteiger partial charge is 0.399 e. The van der Waals surface area contributed by atoms with E-state index < -0.39 is 0 Å². The van der Waals surface area contributed by atoms with Crippen LogP contribution in [0.2, 0.25) is 0 Å². The molecular formula is C18H23NO. The highest BCUT2D eigenvalue weighted by atomic mass is 16.1. The van der Waals surface area contributed by atoms with E-state index in [2.05, 4.69) is 25.1 Å². The third-order valence-electron chi connectivity index (χ3n) is 6.46. The Kier molecular flexibility index (Phi) is 2.55. The van der Waals surface area contributed by atoms with E-state index in [0.717, 1.165) is 37.3 Å². The standard InChI is InChI=1S/C18H23NO/c1-18-9-8-14-13-5-3-12(19)10-11(13)2-4-15(14)16(18)6-7-17(18)20/h3,5,10,14-16H,2,4,6-9,19H2,1H3. The van der Waals surface area contributed by atoms with E-state index in [4.69, 9.17) is 5.73 Å². The van der Waals surface area contributed by atoms with Gasteiger partial charge in [0.1, 0.15) is 5.78 Å². The van der Waals surface area contributed by atoms with E-state index >= 15 is 0 Å². The summed E-state index contributed by atoms with van der Waals surface area (Å²) in [5, 5.41) is 0. The first kappa shape index (κ1) is 12.4. The molecule has 0 amide bonds. The molecule has 0 bridgehead atoms. The van der Waals surface area contributed by atoms with Gasteiger partial charge in [-0.15, -0.1) is 0 Å². The number of carbonyl (C=O) groups is 1. The zero-order chi connectivity index (χ0) is 13.9. The van der Waals surface area contributed by atoms with Gasteiger partial charge in [0, 0.05) is 17.5 Å². The number of hydrogen-bond acceptors (Lipinski definition) is 2. The molecule has 3 aliphatic carbocycles. The Hall–Kier alpha value is -1.31. The van der Waals surface area contributed by atoms with E-state index in [1.54, 1.807) is 0 Å². The molecule has 4 unspecified atom stereocenters. The Labute approximate surface area is 120 Å². The van der Waals surface area contributed by atoms with Crippen LogP contribution in [0.25, 0.3) is 0 Å². The molecule has 106 valence electrons. The summed E-state index contributed by atoms with van der Waals surface area (Å²) in [4.78, 5) is 12.3. The maximum Gasteiger partial charge on any atom is 0.139 e. The average Bonchev–Trinajstić information content (AvgIpc) is 2.74. The Bertz CT molecular complexity index is 579. The molecule has 1 aromatic carbocycles. The second-order valence-electron chi connectivity index (χ2n) is 7.29. The van der Waals surface area contributed by atoms with Gasteiger partial charge in [0.2, 0.25) is 0 Å². The maximum absolute atomic E-state index is 12.3. The molecule has 0 aliphatic heterocycles. The summed E-state index contributed by atoms with van der Waals surface area (Å²) in [5.41, 5.74) is 9.79. The quantitative estimate of drug-likeness (QED) is 0.730. The highest BCUT2D eigenvalue weighted by Crippen LogP contribution is 2.59. The Morgan fingerprint density at radius 2 is 2.05 bits per heavy atom. The Morgan fingerprint density at radius 1 is 1.20 bits per heavy atom. The predicted molar refractivity (Wildman–Crippen MR) is 80.5 cm³/mol. The van der Waals surface area contributed by atoms with Crippen molar-refractivity contribution >= 4 is 11.5 Å². The van der Waals surface area contributed by atoms with Gasteiger partial charge < -0.3 is 5.73 Å². The number of benzene rings is 1. The van der Waals surface area contributed by atoms with Gasteiger partial charge in [0.15, 0.2) is 0 Å². The van der Waals surface area contributed by atoms with Gasteiger partial charge in [-0.2, -0.15) is 0 Å². The second kappa shape index (κ2) is 4.09. The number of anilines is 1. The SMILES string of the molecule is CC12CCC3c4ccc(N)cc4CCC3C1CCC2=O. The van der Waals surface area contributed by atoms with Gasteiger partial charge in [-0.25, -0.2) is 0 Å². The van der Waals surface area contributed by atoms with Crippen molar-refractivity contribution in [2.75, 3.05) is 5.73 Å². The van der Waals surface area contributed by atoms with E-state index in [1.807, 2.05) is 0 Å². The zero-order valence-electron chi connectivity index (χ0n) is 12.2. The second-order valence-corrected chi connectivity index (χ2v) is 7.29. The van der Waals surface area contributed by atoms with Gasteiger partial charge in [0.25, 0.3) is 0 Å².